The van der Waals surface area contributed by atoms with E-state index in [4.69, 9.17) is 10.00 Å². The van der Waals surface area contributed by atoms with E-state index < -0.39 is 0 Å². The van der Waals surface area contributed by atoms with Crippen molar-refractivity contribution in [1.29, 1.82) is 5.26 Å². The average molecular weight is 316 g/mol. The lowest BCUT2D eigenvalue weighted by atomic mass is 10.1. The van der Waals surface area contributed by atoms with Gasteiger partial charge in [0.25, 0.3) is 0 Å². The van der Waals surface area contributed by atoms with Gasteiger partial charge in [0.05, 0.1) is 12.7 Å². The third-order valence-electron chi connectivity index (χ3n) is 4.29. The third-order valence-corrected chi connectivity index (χ3v) is 4.29. The molecule has 0 spiro atoms. The van der Waals surface area contributed by atoms with Crippen LogP contribution in [-0.4, -0.2) is 29.4 Å². The molecule has 24 heavy (non-hydrogen) atoms. The van der Waals surface area contributed by atoms with Gasteiger partial charge >= 0.3 is 0 Å². The predicted molar refractivity (Wildman–Crippen MR) is 91.5 cm³/mol. The zero-order valence-corrected chi connectivity index (χ0v) is 13.1. The molecule has 0 bridgehead atoms. The molecule has 3 aromatic rings. The molecule has 0 atom stereocenters. The predicted octanol–water partition coefficient (Wildman–Crippen LogP) is 2.91. The van der Waals surface area contributed by atoms with Gasteiger partial charge in [-0.25, -0.2) is 0 Å². The highest BCUT2D eigenvalue weighted by molar-refractivity contribution is 5.85. The van der Waals surface area contributed by atoms with E-state index in [1.165, 1.54) is 16.3 Å². The van der Waals surface area contributed by atoms with Crippen molar-refractivity contribution < 1.29 is 4.74 Å². The minimum Gasteiger partial charge on any atom is -0.370 e. The first kappa shape index (κ1) is 14.6. The van der Waals surface area contributed by atoms with Crippen LogP contribution in [0.2, 0.25) is 0 Å². The second-order valence-electron chi connectivity index (χ2n) is 5.86. The van der Waals surface area contributed by atoms with Gasteiger partial charge in [0.2, 0.25) is 0 Å². The van der Waals surface area contributed by atoms with Crippen molar-refractivity contribution in [3.8, 4) is 6.07 Å². The Hall–Kier alpha value is -2.97. The van der Waals surface area contributed by atoms with Crippen molar-refractivity contribution in [2.45, 2.75) is 12.7 Å². The maximum atomic E-state index is 8.75. The van der Waals surface area contributed by atoms with Gasteiger partial charge in [-0.3, -0.25) is 0 Å². The summed E-state index contributed by atoms with van der Waals surface area (Å²) in [6, 6.07) is 20.1. The van der Waals surface area contributed by atoms with Gasteiger partial charge in [-0.15, -0.1) is 10.2 Å². The maximum absolute atomic E-state index is 8.75. The van der Waals surface area contributed by atoms with Crippen LogP contribution in [0.5, 0.6) is 0 Å². The van der Waals surface area contributed by atoms with Crippen LogP contribution < -0.4 is 4.90 Å². The zero-order chi connectivity index (χ0) is 16.4. The van der Waals surface area contributed by atoms with Gasteiger partial charge in [0, 0.05) is 13.1 Å². The molecule has 0 unspecified atom stereocenters. The molecule has 1 aromatic heterocycles. The van der Waals surface area contributed by atoms with Crippen molar-refractivity contribution in [2.24, 2.45) is 0 Å². The molecule has 0 N–H and O–H groups in total. The van der Waals surface area contributed by atoms with E-state index in [1.807, 2.05) is 12.1 Å². The Balaban J connectivity index is 1.36. The summed E-state index contributed by atoms with van der Waals surface area (Å²) in [5, 5.41) is 19.2. The van der Waals surface area contributed by atoms with E-state index in [-0.39, 0.29) is 6.10 Å². The van der Waals surface area contributed by atoms with Crippen LogP contribution in [0.4, 0.5) is 5.82 Å². The number of nitriles is 1. The molecule has 1 aliphatic heterocycles. The topological polar surface area (TPSA) is 62.0 Å². The average Bonchev–Trinajstić information content (AvgIpc) is 2.61. The van der Waals surface area contributed by atoms with Crippen LogP contribution >= 0.6 is 0 Å². The van der Waals surface area contributed by atoms with Crippen molar-refractivity contribution >= 4 is 16.6 Å². The van der Waals surface area contributed by atoms with Crippen LogP contribution in [-0.2, 0) is 11.3 Å². The second kappa shape index (κ2) is 6.26. The van der Waals surface area contributed by atoms with Gasteiger partial charge in [-0.05, 0) is 28.5 Å². The van der Waals surface area contributed by atoms with Crippen molar-refractivity contribution in [2.75, 3.05) is 18.0 Å². The molecule has 2 heterocycles. The highest BCUT2D eigenvalue weighted by Gasteiger charge is 2.28. The lowest BCUT2D eigenvalue weighted by molar-refractivity contribution is 0.0226. The van der Waals surface area contributed by atoms with Gasteiger partial charge in [-0.2, -0.15) is 5.26 Å². The number of benzene rings is 2. The Morgan fingerprint density at radius 3 is 2.67 bits per heavy atom. The van der Waals surface area contributed by atoms with Crippen molar-refractivity contribution in [1.82, 2.24) is 10.2 Å². The molecular formula is C19H16N4O. The number of hydrogen-bond donors (Lipinski definition) is 0. The van der Waals surface area contributed by atoms with E-state index in [2.05, 4.69) is 57.6 Å². The summed E-state index contributed by atoms with van der Waals surface area (Å²) < 4.78 is 6.03. The van der Waals surface area contributed by atoms with E-state index in [0.717, 1.165) is 18.9 Å². The van der Waals surface area contributed by atoms with Crippen LogP contribution in [0.1, 0.15) is 11.3 Å². The number of rotatable bonds is 4. The molecule has 0 radical (unpaired) electrons. The molecule has 5 heteroatoms. The van der Waals surface area contributed by atoms with Crippen LogP contribution in [0.25, 0.3) is 10.8 Å². The summed E-state index contributed by atoms with van der Waals surface area (Å²) >= 11 is 0. The minimum atomic E-state index is 0.196. The molecule has 1 saturated heterocycles. The van der Waals surface area contributed by atoms with E-state index in [0.29, 0.717) is 12.3 Å². The molecular weight excluding hydrogens is 300 g/mol. The van der Waals surface area contributed by atoms with Gasteiger partial charge in [0.15, 0.2) is 11.5 Å². The van der Waals surface area contributed by atoms with Gasteiger partial charge in [0.1, 0.15) is 6.07 Å². The zero-order valence-electron chi connectivity index (χ0n) is 13.1. The van der Waals surface area contributed by atoms with Crippen LogP contribution in [0.15, 0.2) is 54.6 Å². The molecule has 1 aliphatic rings. The first-order valence-electron chi connectivity index (χ1n) is 7.90. The Morgan fingerprint density at radius 2 is 1.88 bits per heavy atom. The molecule has 4 rings (SSSR count). The van der Waals surface area contributed by atoms with Crippen molar-refractivity contribution in [3.05, 3.63) is 65.9 Å². The molecule has 0 saturated carbocycles. The first-order valence-corrected chi connectivity index (χ1v) is 7.90. The highest BCUT2D eigenvalue weighted by Crippen LogP contribution is 2.23. The fourth-order valence-corrected chi connectivity index (χ4v) is 2.91. The summed E-state index contributed by atoms with van der Waals surface area (Å²) in [5.41, 5.74) is 1.55. The fraction of sp³-hybridized carbons (Fsp3) is 0.211. The number of ether oxygens (including phenoxy) is 1. The first-order chi connectivity index (χ1) is 11.8. The van der Waals surface area contributed by atoms with E-state index in [9.17, 15) is 0 Å². The monoisotopic (exact) mass is 316 g/mol. The lowest BCUT2D eigenvalue weighted by Crippen LogP contribution is -2.52. The molecule has 0 aliphatic carbocycles. The number of aromatic nitrogens is 2. The largest absolute Gasteiger partial charge is 0.370 e. The quantitative estimate of drug-likeness (QED) is 0.740. The fourth-order valence-electron chi connectivity index (χ4n) is 2.91. The van der Waals surface area contributed by atoms with Crippen LogP contribution in [0, 0.1) is 11.3 Å². The van der Waals surface area contributed by atoms with Gasteiger partial charge < -0.3 is 9.64 Å². The Morgan fingerprint density at radius 1 is 1.04 bits per heavy atom. The van der Waals surface area contributed by atoms with E-state index >= 15 is 0 Å². The van der Waals surface area contributed by atoms with Crippen LogP contribution in [0.3, 0.4) is 0 Å². The molecule has 118 valence electrons. The smallest absolute Gasteiger partial charge is 0.163 e. The Kier molecular flexibility index (Phi) is 3.81. The summed E-state index contributed by atoms with van der Waals surface area (Å²) in [7, 11) is 0. The second-order valence-corrected chi connectivity index (χ2v) is 5.86. The number of fused-ring (bicyclic) bond motifs is 1. The molecule has 5 nitrogen and oxygen atoms in total. The standard InChI is InChI=1S/C19H16N4O/c20-10-16-8-9-19(22-21-16)23-11-17(12-23)24-13-15-6-3-5-14-4-1-2-7-18(14)15/h1-9,17H,11-13H2. The molecule has 2 aromatic carbocycles. The number of anilines is 1. The maximum Gasteiger partial charge on any atom is 0.163 e. The summed E-state index contributed by atoms with van der Waals surface area (Å²) in [6.07, 6.45) is 0.196. The normalized spacial score (nSPS) is 14.4. The Labute approximate surface area is 140 Å². The summed E-state index contributed by atoms with van der Waals surface area (Å²) in [4.78, 5) is 2.10. The highest BCUT2D eigenvalue weighted by atomic mass is 16.5. The number of hydrogen-bond acceptors (Lipinski definition) is 5. The summed E-state index contributed by atoms with van der Waals surface area (Å²) in [6.45, 7) is 2.20. The Bertz CT molecular complexity index is 890. The molecule has 1 fully saturated rings. The lowest BCUT2D eigenvalue weighted by Gasteiger charge is -2.39. The van der Waals surface area contributed by atoms with Crippen molar-refractivity contribution in [3.63, 3.8) is 0 Å². The minimum absolute atomic E-state index is 0.196. The summed E-state index contributed by atoms with van der Waals surface area (Å²) in [5.74, 6) is 0.791. The number of nitrogens with zero attached hydrogens (tertiary/aromatic N) is 4. The molecule has 0 amide bonds. The third kappa shape index (κ3) is 2.80. The SMILES string of the molecule is N#Cc1ccc(N2CC(OCc3cccc4ccccc34)C2)nn1. The van der Waals surface area contributed by atoms with Gasteiger partial charge in [-0.1, -0.05) is 42.5 Å². The van der Waals surface area contributed by atoms with E-state index in [1.54, 1.807) is 6.07 Å².